The van der Waals surface area contributed by atoms with Gasteiger partial charge in [0.1, 0.15) is 5.69 Å². The highest BCUT2D eigenvalue weighted by Gasteiger charge is 2.15. The summed E-state index contributed by atoms with van der Waals surface area (Å²) in [6.07, 6.45) is 9.17. The molecule has 0 aliphatic heterocycles. The van der Waals surface area contributed by atoms with Crippen molar-refractivity contribution in [1.29, 1.82) is 0 Å². The molecule has 1 aliphatic carbocycles. The molecule has 0 saturated heterocycles. The standard InChI is InChI=1S/C21H23N3OS/c25-21(22-17-6-3-1-2-4-7-17)16-9-11-18(12-10-16)24-14-13-19(23-24)20-8-5-15-26-20/h5,8-15,17H,1-4,6-7H2,(H,22,25). The van der Waals surface area contributed by atoms with E-state index in [4.69, 9.17) is 0 Å². The number of nitrogens with one attached hydrogen (secondary N) is 1. The first kappa shape index (κ1) is 17.0. The molecule has 26 heavy (non-hydrogen) atoms. The Morgan fingerprint density at radius 1 is 1.04 bits per heavy atom. The highest BCUT2D eigenvalue weighted by molar-refractivity contribution is 7.13. The number of amides is 1. The van der Waals surface area contributed by atoms with Gasteiger partial charge in [-0.2, -0.15) is 5.10 Å². The minimum absolute atomic E-state index is 0.0307. The molecule has 1 saturated carbocycles. The third kappa shape index (κ3) is 3.88. The lowest BCUT2D eigenvalue weighted by Gasteiger charge is -2.16. The SMILES string of the molecule is O=C(NC1CCCCCC1)c1ccc(-n2ccc(-c3cccs3)n2)cc1. The fraction of sp³-hybridized carbons (Fsp3) is 0.333. The maximum Gasteiger partial charge on any atom is 0.251 e. The first-order valence-corrected chi connectivity index (χ1v) is 10.2. The van der Waals surface area contributed by atoms with Crippen LogP contribution in [0.5, 0.6) is 0 Å². The summed E-state index contributed by atoms with van der Waals surface area (Å²) in [5, 5.41) is 9.88. The van der Waals surface area contributed by atoms with Crippen LogP contribution in [-0.4, -0.2) is 21.7 Å². The van der Waals surface area contributed by atoms with Crippen LogP contribution in [-0.2, 0) is 0 Å². The largest absolute Gasteiger partial charge is 0.349 e. The number of thiophene rings is 1. The zero-order chi connectivity index (χ0) is 17.8. The Bertz CT molecular complexity index is 844. The topological polar surface area (TPSA) is 46.9 Å². The fourth-order valence-electron chi connectivity index (χ4n) is 3.48. The van der Waals surface area contributed by atoms with Gasteiger partial charge in [0.25, 0.3) is 5.91 Å². The van der Waals surface area contributed by atoms with E-state index in [1.807, 2.05) is 47.3 Å². The molecule has 2 aromatic heterocycles. The third-order valence-electron chi connectivity index (χ3n) is 4.95. The average Bonchev–Trinajstić information content (AvgIpc) is 3.30. The second-order valence-corrected chi connectivity index (χ2v) is 7.78. The molecule has 0 spiro atoms. The minimum Gasteiger partial charge on any atom is -0.349 e. The van der Waals surface area contributed by atoms with E-state index in [1.54, 1.807) is 11.3 Å². The van der Waals surface area contributed by atoms with E-state index in [0.29, 0.717) is 11.6 Å². The summed E-state index contributed by atoms with van der Waals surface area (Å²) in [4.78, 5) is 13.7. The second-order valence-electron chi connectivity index (χ2n) is 6.83. The van der Waals surface area contributed by atoms with Gasteiger partial charge in [0, 0.05) is 17.8 Å². The first-order valence-electron chi connectivity index (χ1n) is 9.30. The Hall–Kier alpha value is -2.40. The molecule has 2 heterocycles. The molecule has 1 fully saturated rings. The lowest BCUT2D eigenvalue weighted by molar-refractivity contribution is 0.0933. The second kappa shape index (κ2) is 7.87. The van der Waals surface area contributed by atoms with Gasteiger partial charge in [0.05, 0.1) is 10.6 Å². The molecular formula is C21H23N3OS. The summed E-state index contributed by atoms with van der Waals surface area (Å²) in [7, 11) is 0. The van der Waals surface area contributed by atoms with E-state index in [2.05, 4.69) is 21.9 Å². The average molecular weight is 366 g/mol. The van der Waals surface area contributed by atoms with Gasteiger partial charge in [-0.3, -0.25) is 4.79 Å². The number of aromatic nitrogens is 2. The van der Waals surface area contributed by atoms with Crippen molar-refractivity contribution < 1.29 is 4.79 Å². The molecule has 1 N–H and O–H groups in total. The molecule has 1 amide bonds. The van der Waals surface area contributed by atoms with Gasteiger partial charge in [0.2, 0.25) is 0 Å². The van der Waals surface area contributed by atoms with Crippen molar-refractivity contribution in [3.63, 3.8) is 0 Å². The summed E-state index contributed by atoms with van der Waals surface area (Å²) in [5.41, 5.74) is 2.64. The first-order chi connectivity index (χ1) is 12.8. The highest BCUT2D eigenvalue weighted by Crippen LogP contribution is 2.23. The van der Waals surface area contributed by atoms with Crippen molar-refractivity contribution in [3.8, 4) is 16.3 Å². The summed E-state index contributed by atoms with van der Waals surface area (Å²) in [6, 6.07) is 14.1. The van der Waals surface area contributed by atoms with Gasteiger partial charge in [-0.25, -0.2) is 4.68 Å². The van der Waals surface area contributed by atoms with Crippen molar-refractivity contribution in [2.24, 2.45) is 0 Å². The van der Waals surface area contributed by atoms with Crippen molar-refractivity contribution in [1.82, 2.24) is 15.1 Å². The number of hydrogen-bond donors (Lipinski definition) is 1. The van der Waals surface area contributed by atoms with Gasteiger partial charge in [-0.05, 0) is 54.6 Å². The molecule has 0 radical (unpaired) electrons. The number of carbonyl (C=O) groups excluding carboxylic acids is 1. The van der Waals surface area contributed by atoms with Crippen LogP contribution in [0.4, 0.5) is 0 Å². The number of rotatable bonds is 4. The number of hydrogen-bond acceptors (Lipinski definition) is 3. The molecule has 3 aromatic rings. The Kier molecular flexibility index (Phi) is 5.16. The summed E-state index contributed by atoms with van der Waals surface area (Å²) >= 11 is 1.68. The van der Waals surface area contributed by atoms with Gasteiger partial charge in [-0.15, -0.1) is 11.3 Å². The smallest absolute Gasteiger partial charge is 0.251 e. The van der Waals surface area contributed by atoms with Crippen LogP contribution in [0.15, 0.2) is 54.0 Å². The quantitative estimate of drug-likeness (QED) is 0.657. The van der Waals surface area contributed by atoms with Crippen LogP contribution in [0.2, 0.25) is 0 Å². The maximum absolute atomic E-state index is 12.5. The van der Waals surface area contributed by atoms with Gasteiger partial charge in [0.15, 0.2) is 0 Å². The van der Waals surface area contributed by atoms with Crippen LogP contribution in [0.3, 0.4) is 0 Å². The molecule has 0 bridgehead atoms. The third-order valence-corrected chi connectivity index (χ3v) is 5.84. The van der Waals surface area contributed by atoms with E-state index in [0.717, 1.165) is 29.1 Å². The van der Waals surface area contributed by atoms with Crippen LogP contribution in [0, 0.1) is 0 Å². The number of carbonyl (C=O) groups is 1. The zero-order valence-corrected chi connectivity index (χ0v) is 15.5. The van der Waals surface area contributed by atoms with Crippen molar-refractivity contribution in [2.75, 3.05) is 0 Å². The molecular weight excluding hydrogens is 342 g/mol. The normalized spacial score (nSPS) is 15.5. The van der Waals surface area contributed by atoms with Crippen molar-refractivity contribution in [3.05, 3.63) is 59.6 Å². The Balaban J connectivity index is 1.44. The molecule has 0 atom stereocenters. The van der Waals surface area contributed by atoms with E-state index in [-0.39, 0.29) is 5.91 Å². The van der Waals surface area contributed by atoms with Gasteiger partial charge >= 0.3 is 0 Å². The summed E-state index contributed by atoms with van der Waals surface area (Å²) in [5.74, 6) is 0.0307. The van der Waals surface area contributed by atoms with E-state index in [9.17, 15) is 4.79 Å². The lowest BCUT2D eigenvalue weighted by atomic mass is 10.1. The van der Waals surface area contributed by atoms with Gasteiger partial charge in [-0.1, -0.05) is 31.7 Å². The van der Waals surface area contributed by atoms with Crippen LogP contribution in [0.25, 0.3) is 16.3 Å². The summed E-state index contributed by atoms with van der Waals surface area (Å²) in [6.45, 7) is 0. The number of nitrogens with zero attached hydrogens (tertiary/aromatic N) is 2. The van der Waals surface area contributed by atoms with Crippen molar-refractivity contribution in [2.45, 2.75) is 44.6 Å². The predicted octanol–water partition coefficient (Wildman–Crippen LogP) is 5.05. The zero-order valence-electron chi connectivity index (χ0n) is 14.7. The molecule has 1 aliphatic rings. The predicted molar refractivity (Wildman–Crippen MR) is 106 cm³/mol. The van der Waals surface area contributed by atoms with E-state index >= 15 is 0 Å². The molecule has 4 rings (SSSR count). The molecule has 4 nitrogen and oxygen atoms in total. The van der Waals surface area contributed by atoms with Crippen LogP contribution >= 0.6 is 11.3 Å². The maximum atomic E-state index is 12.5. The Morgan fingerprint density at radius 2 is 1.81 bits per heavy atom. The molecule has 1 aromatic carbocycles. The van der Waals surface area contributed by atoms with Crippen LogP contribution < -0.4 is 5.32 Å². The molecule has 134 valence electrons. The molecule has 5 heteroatoms. The van der Waals surface area contributed by atoms with Crippen LogP contribution in [0.1, 0.15) is 48.9 Å². The monoisotopic (exact) mass is 365 g/mol. The lowest BCUT2D eigenvalue weighted by Crippen LogP contribution is -2.34. The fourth-order valence-corrected chi connectivity index (χ4v) is 4.17. The summed E-state index contributed by atoms with van der Waals surface area (Å²) < 4.78 is 1.85. The minimum atomic E-state index is 0.0307. The van der Waals surface area contributed by atoms with Crippen molar-refractivity contribution >= 4 is 17.2 Å². The Labute approximate surface area is 157 Å². The van der Waals surface area contributed by atoms with E-state index in [1.165, 1.54) is 25.7 Å². The van der Waals surface area contributed by atoms with E-state index < -0.39 is 0 Å². The van der Waals surface area contributed by atoms with Gasteiger partial charge < -0.3 is 5.32 Å². The Morgan fingerprint density at radius 3 is 2.50 bits per heavy atom. The number of benzene rings is 1. The highest BCUT2D eigenvalue weighted by atomic mass is 32.1. The molecule has 0 unspecified atom stereocenters.